The molecule has 2 aliphatic heterocycles. The van der Waals surface area contributed by atoms with E-state index in [1.807, 2.05) is 12.1 Å². The summed E-state index contributed by atoms with van der Waals surface area (Å²) in [5.41, 5.74) is 2.65. The van der Waals surface area contributed by atoms with Crippen molar-refractivity contribution in [2.45, 2.75) is 15.0 Å². The number of benzene rings is 2. The number of sulfonamides is 2. The van der Waals surface area contributed by atoms with Crippen LogP contribution in [0.15, 0.2) is 70.7 Å². The molecule has 0 unspecified atom stereocenters. The zero-order valence-electron chi connectivity index (χ0n) is 19.2. The Morgan fingerprint density at radius 2 is 1.83 bits per heavy atom. The van der Waals surface area contributed by atoms with E-state index in [1.165, 1.54) is 34.0 Å². The van der Waals surface area contributed by atoms with Crippen LogP contribution >= 0.6 is 11.8 Å². The molecule has 0 atom stereocenters. The summed E-state index contributed by atoms with van der Waals surface area (Å²) in [6.45, 7) is 0.0326. The molecule has 1 aromatic heterocycles. The van der Waals surface area contributed by atoms with Crippen LogP contribution in [-0.2, 0) is 20.0 Å². The Hall–Kier alpha value is -3.11. The Labute approximate surface area is 214 Å². The number of pyridine rings is 1. The van der Waals surface area contributed by atoms with E-state index in [4.69, 9.17) is 10.00 Å². The van der Waals surface area contributed by atoms with Gasteiger partial charge in [-0.05, 0) is 29.8 Å². The van der Waals surface area contributed by atoms with Gasteiger partial charge in [0.15, 0.2) is 0 Å². The van der Waals surface area contributed by atoms with Crippen molar-refractivity contribution >= 4 is 37.5 Å². The van der Waals surface area contributed by atoms with Gasteiger partial charge in [-0.25, -0.2) is 16.8 Å². The van der Waals surface area contributed by atoms with E-state index in [2.05, 4.69) is 11.1 Å². The molecule has 3 heterocycles. The van der Waals surface area contributed by atoms with Crippen molar-refractivity contribution in [2.75, 3.05) is 36.8 Å². The van der Waals surface area contributed by atoms with Gasteiger partial charge in [0.25, 0.3) is 0 Å². The molecule has 0 spiro atoms. The summed E-state index contributed by atoms with van der Waals surface area (Å²) in [4.78, 5) is 5.15. The smallest absolute Gasteiger partial charge is 0.243 e. The zero-order valence-corrected chi connectivity index (χ0v) is 21.7. The van der Waals surface area contributed by atoms with E-state index in [0.29, 0.717) is 22.8 Å². The molecular formula is C24H22N4O5S3. The van der Waals surface area contributed by atoms with Crippen molar-refractivity contribution in [1.29, 1.82) is 5.26 Å². The number of aromatic nitrogens is 1. The minimum Gasteiger partial charge on any atom is -0.497 e. The molecule has 9 nitrogen and oxygen atoms in total. The fraction of sp³-hybridized carbons (Fsp3) is 0.250. The number of fused-ring (bicyclic) bond motifs is 1. The quantitative estimate of drug-likeness (QED) is 0.466. The molecule has 12 heteroatoms. The first-order valence-corrected chi connectivity index (χ1v) is 15.0. The fourth-order valence-electron chi connectivity index (χ4n) is 4.19. The van der Waals surface area contributed by atoms with Crippen molar-refractivity contribution in [3.05, 3.63) is 66.5 Å². The van der Waals surface area contributed by atoms with Crippen molar-refractivity contribution in [1.82, 2.24) is 9.29 Å². The lowest BCUT2D eigenvalue weighted by molar-refractivity contribution is 0.309. The van der Waals surface area contributed by atoms with E-state index < -0.39 is 25.3 Å². The van der Waals surface area contributed by atoms with Gasteiger partial charge in [-0.2, -0.15) is 9.57 Å². The van der Waals surface area contributed by atoms with Crippen LogP contribution in [0.5, 0.6) is 5.75 Å². The van der Waals surface area contributed by atoms with E-state index in [-0.39, 0.29) is 24.5 Å². The summed E-state index contributed by atoms with van der Waals surface area (Å²) >= 11 is 1.55. The highest BCUT2D eigenvalue weighted by atomic mass is 32.2. The lowest BCUT2D eigenvalue weighted by atomic mass is 10.1. The molecule has 0 aliphatic carbocycles. The molecule has 1 saturated heterocycles. The number of nitriles is 1. The van der Waals surface area contributed by atoms with Crippen LogP contribution in [-0.4, -0.2) is 63.9 Å². The predicted molar refractivity (Wildman–Crippen MR) is 137 cm³/mol. The van der Waals surface area contributed by atoms with Gasteiger partial charge in [0, 0.05) is 48.1 Å². The van der Waals surface area contributed by atoms with Gasteiger partial charge in [0.1, 0.15) is 11.0 Å². The first-order valence-electron chi connectivity index (χ1n) is 11.0. The van der Waals surface area contributed by atoms with Crippen LogP contribution in [0.1, 0.15) is 5.56 Å². The Bertz CT molecular complexity index is 1560. The van der Waals surface area contributed by atoms with Crippen LogP contribution in [0.4, 0.5) is 5.69 Å². The van der Waals surface area contributed by atoms with Crippen LogP contribution in [0, 0.1) is 11.3 Å². The molecule has 186 valence electrons. The lowest BCUT2D eigenvalue weighted by Gasteiger charge is -2.41. The molecule has 3 aromatic rings. The number of hydrogen-bond donors (Lipinski definition) is 0. The molecular weight excluding hydrogens is 520 g/mol. The molecule has 1 fully saturated rings. The van der Waals surface area contributed by atoms with E-state index in [0.717, 1.165) is 16.0 Å². The highest BCUT2D eigenvalue weighted by Gasteiger charge is 2.47. The maximum absolute atomic E-state index is 13.6. The largest absolute Gasteiger partial charge is 0.497 e. The predicted octanol–water partition coefficient (Wildman–Crippen LogP) is 2.94. The topological polar surface area (TPSA) is 121 Å². The minimum absolute atomic E-state index is 0.0636. The van der Waals surface area contributed by atoms with Crippen LogP contribution in [0.25, 0.3) is 11.1 Å². The molecule has 0 radical (unpaired) electrons. The third-order valence-corrected chi connectivity index (χ3v) is 11.3. The fourth-order valence-corrected chi connectivity index (χ4v) is 9.09. The molecule has 0 saturated carbocycles. The summed E-state index contributed by atoms with van der Waals surface area (Å²) in [6, 6.07) is 15.3. The summed E-state index contributed by atoms with van der Waals surface area (Å²) in [5.74, 6) is 0.965. The number of ether oxygens (including phenoxy) is 1. The molecule has 36 heavy (non-hydrogen) atoms. The average molecular weight is 543 g/mol. The van der Waals surface area contributed by atoms with Gasteiger partial charge in [0.2, 0.25) is 20.0 Å². The second-order valence-electron chi connectivity index (χ2n) is 8.31. The van der Waals surface area contributed by atoms with Gasteiger partial charge in [-0.3, -0.25) is 9.29 Å². The zero-order chi connectivity index (χ0) is 25.5. The summed E-state index contributed by atoms with van der Waals surface area (Å²) < 4.78 is 60.8. The van der Waals surface area contributed by atoms with Crippen LogP contribution < -0.4 is 9.04 Å². The average Bonchev–Trinajstić information content (AvgIpc) is 2.86. The number of anilines is 1. The standard InChI is InChI=1S/C24H22N4O5S3/c1-33-19-3-2-4-20(11-19)35(29,30)27-15-21(16-27)36(31,32)28-9-10-34-24-22(13-26-14-23(24)28)18-7-5-17(12-25)6-8-18/h2-8,11,13-14,21H,9-10,15-16H2,1H3. The van der Waals surface area contributed by atoms with Crippen molar-refractivity contribution in [3.63, 3.8) is 0 Å². The summed E-state index contributed by atoms with van der Waals surface area (Å²) in [6.07, 6.45) is 3.23. The number of nitrogens with zero attached hydrogens (tertiary/aromatic N) is 4. The van der Waals surface area contributed by atoms with E-state index >= 15 is 0 Å². The molecule has 0 amide bonds. The second kappa shape index (κ2) is 9.40. The maximum atomic E-state index is 13.6. The Kier molecular flexibility index (Phi) is 6.42. The third-order valence-electron chi connectivity index (χ3n) is 6.23. The lowest BCUT2D eigenvalue weighted by Crippen LogP contribution is -2.60. The Balaban J connectivity index is 1.39. The minimum atomic E-state index is -3.84. The van der Waals surface area contributed by atoms with E-state index in [9.17, 15) is 16.8 Å². The normalized spacial score (nSPS) is 16.6. The molecule has 0 bridgehead atoms. The number of rotatable bonds is 6. The number of thioether (sulfide) groups is 1. The van der Waals surface area contributed by atoms with Crippen molar-refractivity contribution in [3.8, 4) is 22.9 Å². The van der Waals surface area contributed by atoms with E-state index in [1.54, 1.807) is 42.2 Å². The van der Waals surface area contributed by atoms with Gasteiger partial charge >= 0.3 is 0 Å². The van der Waals surface area contributed by atoms with Gasteiger partial charge < -0.3 is 4.74 Å². The molecule has 2 aromatic carbocycles. The monoisotopic (exact) mass is 542 g/mol. The summed E-state index contributed by atoms with van der Waals surface area (Å²) in [5, 5.41) is 8.21. The third kappa shape index (κ3) is 4.22. The first kappa shape index (κ1) is 24.6. The van der Waals surface area contributed by atoms with Gasteiger partial charge in [-0.15, -0.1) is 11.8 Å². The Morgan fingerprint density at radius 1 is 1.08 bits per heavy atom. The van der Waals surface area contributed by atoms with Crippen LogP contribution in [0.2, 0.25) is 0 Å². The summed E-state index contributed by atoms with van der Waals surface area (Å²) in [7, 11) is -6.21. The molecule has 5 rings (SSSR count). The van der Waals surface area contributed by atoms with Crippen molar-refractivity contribution in [2.24, 2.45) is 0 Å². The van der Waals surface area contributed by atoms with Crippen molar-refractivity contribution < 1.29 is 21.6 Å². The van der Waals surface area contributed by atoms with Gasteiger partial charge in [0.05, 0.1) is 35.5 Å². The molecule has 2 aliphatic rings. The second-order valence-corrected chi connectivity index (χ2v) is 13.5. The van der Waals surface area contributed by atoms with Gasteiger partial charge in [-0.1, -0.05) is 18.2 Å². The number of hydrogen-bond acceptors (Lipinski definition) is 8. The van der Waals surface area contributed by atoms with Crippen LogP contribution in [0.3, 0.4) is 0 Å². The highest BCUT2D eigenvalue weighted by Crippen LogP contribution is 2.43. The first-order chi connectivity index (χ1) is 17.3. The Morgan fingerprint density at radius 3 is 2.53 bits per heavy atom. The maximum Gasteiger partial charge on any atom is 0.243 e. The highest BCUT2D eigenvalue weighted by molar-refractivity contribution is 8.00. The SMILES string of the molecule is COc1cccc(S(=O)(=O)N2CC(S(=O)(=O)N3CCSc4c(-c5ccc(C#N)cc5)cncc43)C2)c1. The molecule has 0 N–H and O–H groups in total. The number of methoxy groups -OCH3 is 1.